The minimum absolute atomic E-state index is 0.0535. The number of hydrogen-bond donors (Lipinski definition) is 1. The normalized spacial score (nSPS) is 17.0. The highest BCUT2D eigenvalue weighted by molar-refractivity contribution is 7.99. The van der Waals surface area contributed by atoms with Crippen molar-refractivity contribution in [1.29, 1.82) is 0 Å². The third-order valence-electron chi connectivity index (χ3n) is 3.96. The van der Waals surface area contributed by atoms with Crippen molar-refractivity contribution in [2.45, 2.75) is 25.8 Å². The van der Waals surface area contributed by atoms with Crippen molar-refractivity contribution in [1.82, 2.24) is 4.90 Å². The van der Waals surface area contributed by atoms with Crippen LogP contribution in [0.2, 0.25) is 0 Å². The van der Waals surface area contributed by atoms with Gasteiger partial charge in [0.15, 0.2) is 0 Å². The number of amides is 2. The summed E-state index contributed by atoms with van der Waals surface area (Å²) in [6.07, 6.45) is 1.19. The van der Waals surface area contributed by atoms with Crippen molar-refractivity contribution in [2.24, 2.45) is 0 Å². The molecule has 0 bridgehead atoms. The molecule has 24 heavy (non-hydrogen) atoms. The van der Waals surface area contributed by atoms with E-state index in [9.17, 15) is 9.59 Å². The van der Waals surface area contributed by atoms with Crippen molar-refractivity contribution in [3.05, 3.63) is 52.2 Å². The van der Waals surface area contributed by atoms with Gasteiger partial charge in [0.05, 0.1) is 5.88 Å². The van der Waals surface area contributed by atoms with Gasteiger partial charge in [-0.1, -0.05) is 18.2 Å². The van der Waals surface area contributed by atoms with E-state index in [0.717, 1.165) is 17.7 Å². The molecule has 2 aromatic rings. The third-order valence-corrected chi connectivity index (χ3v) is 5.90. The van der Waals surface area contributed by atoms with Crippen LogP contribution in [0.1, 0.15) is 16.9 Å². The predicted molar refractivity (Wildman–Crippen MR) is 100 cm³/mol. The first-order valence-corrected chi connectivity index (χ1v) is 9.94. The molecule has 2 heterocycles. The smallest absolute Gasteiger partial charge is 0.248 e. The standard InChI is InChI=1S/C18H20N2O2S2/c1-13-4-2-5-14(10-13)19-18(22)16-11-23-12-20(16)17(21)8-7-15-6-3-9-24-15/h2-6,9-10,16H,7-8,11-12H2,1H3,(H,19,22)/t16-/m0/s1. The Bertz CT molecular complexity index is 716. The lowest BCUT2D eigenvalue weighted by Crippen LogP contribution is -2.44. The summed E-state index contributed by atoms with van der Waals surface area (Å²) in [7, 11) is 0. The number of aryl methyl sites for hydroxylation is 2. The molecule has 1 aliphatic rings. The molecular weight excluding hydrogens is 340 g/mol. The van der Waals surface area contributed by atoms with E-state index in [0.29, 0.717) is 18.1 Å². The maximum Gasteiger partial charge on any atom is 0.248 e. The fourth-order valence-electron chi connectivity index (χ4n) is 2.68. The van der Waals surface area contributed by atoms with E-state index in [1.807, 2.05) is 48.7 Å². The van der Waals surface area contributed by atoms with Gasteiger partial charge in [-0.15, -0.1) is 23.1 Å². The van der Waals surface area contributed by atoms with Crippen molar-refractivity contribution in [2.75, 3.05) is 16.9 Å². The quantitative estimate of drug-likeness (QED) is 0.887. The lowest BCUT2D eigenvalue weighted by Gasteiger charge is -2.23. The highest BCUT2D eigenvalue weighted by Crippen LogP contribution is 2.24. The molecule has 1 aliphatic heterocycles. The van der Waals surface area contributed by atoms with Crippen LogP contribution in [0.15, 0.2) is 41.8 Å². The van der Waals surface area contributed by atoms with Gasteiger partial charge in [0, 0.05) is 22.7 Å². The molecule has 0 radical (unpaired) electrons. The van der Waals surface area contributed by atoms with Gasteiger partial charge in [0.2, 0.25) is 11.8 Å². The molecule has 0 aliphatic carbocycles. The summed E-state index contributed by atoms with van der Waals surface area (Å²) in [5.74, 6) is 1.20. The molecule has 6 heteroatoms. The van der Waals surface area contributed by atoms with Crippen LogP contribution in [0.25, 0.3) is 0 Å². The molecule has 1 aromatic carbocycles. The van der Waals surface area contributed by atoms with E-state index < -0.39 is 0 Å². The summed E-state index contributed by atoms with van der Waals surface area (Å²) in [6, 6.07) is 11.4. The van der Waals surface area contributed by atoms with Crippen LogP contribution in [0.4, 0.5) is 5.69 Å². The molecule has 1 aromatic heterocycles. The summed E-state index contributed by atoms with van der Waals surface area (Å²) in [5, 5.41) is 4.95. The van der Waals surface area contributed by atoms with Crippen LogP contribution in [0.3, 0.4) is 0 Å². The highest BCUT2D eigenvalue weighted by atomic mass is 32.2. The second kappa shape index (κ2) is 7.85. The summed E-state index contributed by atoms with van der Waals surface area (Å²) in [4.78, 5) is 28.0. The Morgan fingerprint density at radius 3 is 2.92 bits per heavy atom. The Balaban J connectivity index is 1.59. The van der Waals surface area contributed by atoms with Gasteiger partial charge in [-0.2, -0.15) is 0 Å². The number of thiophene rings is 1. The molecular formula is C18H20N2O2S2. The number of nitrogens with one attached hydrogen (secondary N) is 1. The van der Waals surface area contributed by atoms with Gasteiger partial charge < -0.3 is 10.2 Å². The Morgan fingerprint density at radius 2 is 2.17 bits per heavy atom. The largest absolute Gasteiger partial charge is 0.324 e. The Hall–Kier alpha value is -1.79. The van der Waals surface area contributed by atoms with E-state index >= 15 is 0 Å². The fourth-order valence-corrected chi connectivity index (χ4v) is 4.57. The van der Waals surface area contributed by atoms with E-state index in [1.54, 1.807) is 28.0 Å². The van der Waals surface area contributed by atoms with Crippen LogP contribution in [0.5, 0.6) is 0 Å². The molecule has 0 spiro atoms. The van der Waals surface area contributed by atoms with Crippen LogP contribution in [0, 0.1) is 6.92 Å². The maximum atomic E-state index is 12.6. The minimum Gasteiger partial charge on any atom is -0.324 e. The fraction of sp³-hybridized carbons (Fsp3) is 0.333. The average Bonchev–Trinajstić information content (AvgIpc) is 3.24. The first kappa shape index (κ1) is 17.0. The van der Waals surface area contributed by atoms with Gasteiger partial charge in [0.25, 0.3) is 0 Å². The number of hydrogen-bond acceptors (Lipinski definition) is 4. The molecule has 1 N–H and O–H groups in total. The second-order valence-corrected chi connectivity index (χ2v) is 7.85. The van der Waals surface area contributed by atoms with Crippen molar-refractivity contribution < 1.29 is 9.59 Å². The van der Waals surface area contributed by atoms with E-state index in [2.05, 4.69) is 5.32 Å². The molecule has 4 nitrogen and oxygen atoms in total. The Labute approximate surface area is 150 Å². The first-order valence-electron chi connectivity index (χ1n) is 7.90. The maximum absolute atomic E-state index is 12.6. The Kier molecular flexibility index (Phi) is 5.58. The summed E-state index contributed by atoms with van der Waals surface area (Å²) in [5.41, 5.74) is 1.88. The predicted octanol–water partition coefficient (Wildman–Crippen LogP) is 3.53. The lowest BCUT2D eigenvalue weighted by molar-refractivity contribution is -0.136. The number of benzene rings is 1. The number of thioether (sulfide) groups is 1. The molecule has 1 fully saturated rings. The zero-order valence-electron chi connectivity index (χ0n) is 13.5. The molecule has 3 rings (SSSR count). The lowest BCUT2D eigenvalue weighted by atomic mass is 10.2. The summed E-state index contributed by atoms with van der Waals surface area (Å²) < 4.78 is 0. The number of anilines is 1. The van der Waals surface area contributed by atoms with Crippen LogP contribution >= 0.6 is 23.1 Å². The minimum atomic E-state index is -0.383. The van der Waals surface area contributed by atoms with E-state index in [4.69, 9.17) is 0 Å². The Morgan fingerprint density at radius 1 is 1.29 bits per heavy atom. The summed E-state index contributed by atoms with van der Waals surface area (Å²) >= 11 is 3.29. The monoisotopic (exact) mass is 360 g/mol. The highest BCUT2D eigenvalue weighted by Gasteiger charge is 2.34. The van der Waals surface area contributed by atoms with Crippen LogP contribution in [-0.2, 0) is 16.0 Å². The number of rotatable bonds is 5. The van der Waals surface area contributed by atoms with Gasteiger partial charge in [0.1, 0.15) is 6.04 Å². The van der Waals surface area contributed by atoms with Gasteiger partial charge in [-0.3, -0.25) is 9.59 Å². The van der Waals surface area contributed by atoms with E-state index in [1.165, 1.54) is 4.88 Å². The van der Waals surface area contributed by atoms with Crippen LogP contribution < -0.4 is 5.32 Å². The molecule has 2 amide bonds. The van der Waals surface area contributed by atoms with Gasteiger partial charge in [-0.05, 0) is 42.5 Å². The number of carbonyl (C=O) groups excluding carboxylic acids is 2. The van der Waals surface area contributed by atoms with E-state index in [-0.39, 0.29) is 17.9 Å². The zero-order valence-corrected chi connectivity index (χ0v) is 15.2. The average molecular weight is 361 g/mol. The third kappa shape index (κ3) is 4.19. The van der Waals surface area contributed by atoms with Gasteiger partial charge >= 0.3 is 0 Å². The molecule has 0 saturated carbocycles. The molecule has 0 unspecified atom stereocenters. The van der Waals surface area contributed by atoms with Gasteiger partial charge in [-0.25, -0.2) is 0 Å². The SMILES string of the molecule is Cc1cccc(NC(=O)[C@@H]2CSCN2C(=O)CCc2cccs2)c1. The first-order chi connectivity index (χ1) is 11.6. The topological polar surface area (TPSA) is 49.4 Å². The second-order valence-electron chi connectivity index (χ2n) is 5.82. The molecule has 1 atom stereocenters. The zero-order chi connectivity index (χ0) is 16.9. The van der Waals surface area contributed by atoms with Crippen LogP contribution in [-0.4, -0.2) is 34.4 Å². The van der Waals surface area contributed by atoms with Crippen molar-refractivity contribution in [3.63, 3.8) is 0 Å². The summed E-state index contributed by atoms with van der Waals surface area (Å²) in [6.45, 7) is 1.99. The van der Waals surface area contributed by atoms with Crippen molar-refractivity contribution >= 4 is 40.6 Å². The molecule has 1 saturated heterocycles. The molecule has 126 valence electrons. The number of carbonyl (C=O) groups is 2. The van der Waals surface area contributed by atoms with Crippen molar-refractivity contribution in [3.8, 4) is 0 Å². The number of nitrogens with zero attached hydrogens (tertiary/aromatic N) is 1.